The molecule has 0 fully saturated rings. The molecular formula is C19H18N8O. The highest BCUT2D eigenvalue weighted by atomic mass is 16.2. The molecule has 0 radical (unpaired) electrons. The van der Waals surface area contributed by atoms with E-state index >= 15 is 0 Å². The monoisotopic (exact) mass is 374 g/mol. The molecule has 1 aromatic carbocycles. The first kappa shape index (κ1) is 17.4. The van der Waals surface area contributed by atoms with Crippen LogP contribution in [0.15, 0.2) is 61.1 Å². The van der Waals surface area contributed by atoms with Crippen molar-refractivity contribution in [3.8, 4) is 16.9 Å². The third kappa shape index (κ3) is 3.73. The molecule has 0 aliphatic carbocycles. The number of amides is 1. The number of rotatable bonds is 5. The molecular weight excluding hydrogens is 356 g/mol. The van der Waals surface area contributed by atoms with E-state index in [-0.39, 0.29) is 18.4 Å². The summed E-state index contributed by atoms with van der Waals surface area (Å²) in [5.74, 6) is 0.572. The van der Waals surface area contributed by atoms with Gasteiger partial charge in [-0.3, -0.25) is 9.48 Å². The van der Waals surface area contributed by atoms with Gasteiger partial charge in [0.15, 0.2) is 0 Å². The van der Waals surface area contributed by atoms with E-state index < -0.39 is 0 Å². The van der Waals surface area contributed by atoms with Crippen molar-refractivity contribution in [1.82, 2.24) is 29.5 Å². The van der Waals surface area contributed by atoms with Crippen LogP contribution in [0, 0.1) is 6.92 Å². The Bertz CT molecular complexity index is 1100. The Labute approximate surface area is 160 Å². The minimum absolute atomic E-state index is 0.0551. The van der Waals surface area contributed by atoms with E-state index in [4.69, 9.17) is 5.73 Å². The van der Waals surface area contributed by atoms with Crippen LogP contribution < -0.4 is 11.1 Å². The molecule has 140 valence electrons. The summed E-state index contributed by atoms with van der Waals surface area (Å²) < 4.78 is 3.21. The SMILES string of the molecule is Cc1cc(-c2cnn(CC(=O)Nc3ccnn3-c3ccccc3)c2)nc(N)n1. The van der Waals surface area contributed by atoms with Crippen LogP contribution in [-0.4, -0.2) is 35.4 Å². The van der Waals surface area contributed by atoms with E-state index in [0.29, 0.717) is 11.5 Å². The van der Waals surface area contributed by atoms with Crippen LogP contribution in [0.25, 0.3) is 16.9 Å². The van der Waals surface area contributed by atoms with Crippen molar-refractivity contribution in [3.05, 3.63) is 66.7 Å². The van der Waals surface area contributed by atoms with Gasteiger partial charge in [0.2, 0.25) is 11.9 Å². The van der Waals surface area contributed by atoms with Crippen molar-refractivity contribution in [3.63, 3.8) is 0 Å². The lowest BCUT2D eigenvalue weighted by Gasteiger charge is -2.09. The minimum Gasteiger partial charge on any atom is -0.368 e. The first-order valence-corrected chi connectivity index (χ1v) is 8.62. The number of nitrogens with two attached hydrogens (primary N) is 1. The number of aryl methyl sites for hydroxylation is 1. The van der Waals surface area contributed by atoms with Gasteiger partial charge in [0.25, 0.3) is 0 Å². The number of hydrogen-bond acceptors (Lipinski definition) is 6. The number of benzene rings is 1. The summed E-state index contributed by atoms with van der Waals surface area (Å²) in [6.07, 6.45) is 5.02. The van der Waals surface area contributed by atoms with Crippen molar-refractivity contribution < 1.29 is 4.79 Å². The number of hydrogen-bond donors (Lipinski definition) is 2. The predicted molar refractivity (Wildman–Crippen MR) is 105 cm³/mol. The van der Waals surface area contributed by atoms with Crippen LogP contribution in [0.5, 0.6) is 0 Å². The molecule has 0 aliphatic rings. The molecule has 0 saturated carbocycles. The van der Waals surface area contributed by atoms with Crippen LogP contribution in [-0.2, 0) is 11.3 Å². The number of para-hydroxylation sites is 1. The fourth-order valence-electron chi connectivity index (χ4n) is 2.82. The number of aromatic nitrogens is 6. The van der Waals surface area contributed by atoms with Crippen LogP contribution >= 0.6 is 0 Å². The Balaban J connectivity index is 1.47. The van der Waals surface area contributed by atoms with Crippen LogP contribution in [0.3, 0.4) is 0 Å². The number of nitrogens with zero attached hydrogens (tertiary/aromatic N) is 6. The van der Waals surface area contributed by atoms with E-state index in [1.54, 1.807) is 34.0 Å². The summed E-state index contributed by atoms with van der Waals surface area (Å²) in [6, 6.07) is 13.1. The second kappa shape index (κ2) is 7.31. The molecule has 9 heteroatoms. The van der Waals surface area contributed by atoms with E-state index in [0.717, 1.165) is 16.9 Å². The van der Waals surface area contributed by atoms with Gasteiger partial charge in [0.1, 0.15) is 12.4 Å². The molecule has 1 amide bonds. The Morgan fingerprint density at radius 3 is 2.75 bits per heavy atom. The number of carbonyl (C=O) groups is 1. The van der Waals surface area contributed by atoms with E-state index in [1.807, 2.05) is 43.3 Å². The molecule has 4 rings (SSSR count). The summed E-state index contributed by atoms with van der Waals surface area (Å²) >= 11 is 0. The third-order valence-electron chi connectivity index (χ3n) is 4.02. The van der Waals surface area contributed by atoms with Crippen LogP contribution in [0.4, 0.5) is 11.8 Å². The van der Waals surface area contributed by atoms with Gasteiger partial charge in [-0.2, -0.15) is 10.2 Å². The van der Waals surface area contributed by atoms with E-state index in [2.05, 4.69) is 25.5 Å². The van der Waals surface area contributed by atoms with Crippen LogP contribution in [0.2, 0.25) is 0 Å². The average Bonchev–Trinajstić information content (AvgIpc) is 3.31. The second-order valence-corrected chi connectivity index (χ2v) is 6.19. The first-order chi connectivity index (χ1) is 13.6. The number of anilines is 2. The zero-order chi connectivity index (χ0) is 19.5. The highest BCUT2D eigenvalue weighted by Crippen LogP contribution is 2.18. The lowest BCUT2D eigenvalue weighted by Crippen LogP contribution is -2.20. The zero-order valence-electron chi connectivity index (χ0n) is 15.1. The summed E-state index contributed by atoms with van der Waals surface area (Å²) in [7, 11) is 0. The van der Waals surface area contributed by atoms with Gasteiger partial charge in [-0.25, -0.2) is 14.6 Å². The van der Waals surface area contributed by atoms with Crippen molar-refractivity contribution in [2.45, 2.75) is 13.5 Å². The molecule has 0 saturated heterocycles. The molecule has 28 heavy (non-hydrogen) atoms. The fourth-order valence-corrected chi connectivity index (χ4v) is 2.82. The zero-order valence-corrected chi connectivity index (χ0v) is 15.1. The number of nitrogen functional groups attached to an aromatic ring is 1. The Kier molecular flexibility index (Phi) is 4.55. The number of carbonyl (C=O) groups excluding carboxylic acids is 1. The largest absolute Gasteiger partial charge is 0.368 e. The molecule has 9 nitrogen and oxygen atoms in total. The maximum atomic E-state index is 12.5. The first-order valence-electron chi connectivity index (χ1n) is 8.62. The maximum absolute atomic E-state index is 12.5. The summed E-state index contributed by atoms with van der Waals surface area (Å²) in [4.78, 5) is 20.7. The average molecular weight is 374 g/mol. The van der Waals surface area contributed by atoms with Gasteiger partial charge in [0.05, 0.1) is 23.8 Å². The fraction of sp³-hybridized carbons (Fsp3) is 0.105. The maximum Gasteiger partial charge on any atom is 0.247 e. The smallest absolute Gasteiger partial charge is 0.247 e. The van der Waals surface area contributed by atoms with Crippen molar-refractivity contribution in [2.75, 3.05) is 11.1 Å². The lowest BCUT2D eigenvalue weighted by atomic mass is 10.2. The molecule has 0 unspecified atom stereocenters. The van der Waals surface area contributed by atoms with Gasteiger partial charge < -0.3 is 11.1 Å². The van der Waals surface area contributed by atoms with E-state index in [9.17, 15) is 4.79 Å². The lowest BCUT2D eigenvalue weighted by molar-refractivity contribution is -0.116. The standard InChI is InChI=1S/C19H18N8O/c1-13-9-16(24-19(20)23-13)14-10-22-26(11-14)12-18(28)25-17-7-8-21-27(17)15-5-3-2-4-6-15/h2-11H,12H2,1H3,(H,25,28)(H2,20,23,24). The van der Waals surface area contributed by atoms with Crippen molar-refractivity contribution in [2.24, 2.45) is 0 Å². The van der Waals surface area contributed by atoms with Gasteiger partial charge in [-0.1, -0.05) is 18.2 Å². The topological polar surface area (TPSA) is 117 Å². The Morgan fingerprint density at radius 2 is 1.96 bits per heavy atom. The highest BCUT2D eigenvalue weighted by molar-refractivity contribution is 5.90. The van der Waals surface area contributed by atoms with Crippen LogP contribution in [0.1, 0.15) is 5.69 Å². The summed E-state index contributed by atoms with van der Waals surface area (Å²) in [5.41, 5.74) is 8.76. The van der Waals surface area contributed by atoms with E-state index in [1.165, 1.54) is 0 Å². The molecule has 3 aromatic heterocycles. The normalized spacial score (nSPS) is 10.8. The molecule has 3 heterocycles. The molecule has 0 aliphatic heterocycles. The van der Waals surface area contributed by atoms with Gasteiger partial charge in [-0.15, -0.1) is 0 Å². The minimum atomic E-state index is -0.217. The molecule has 0 atom stereocenters. The number of nitrogens with one attached hydrogen (secondary N) is 1. The highest BCUT2D eigenvalue weighted by Gasteiger charge is 2.11. The summed E-state index contributed by atoms with van der Waals surface area (Å²) in [5, 5.41) is 11.4. The molecule has 0 bridgehead atoms. The third-order valence-corrected chi connectivity index (χ3v) is 4.02. The Hall–Kier alpha value is -4.01. The molecule has 0 spiro atoms. The summed E-state index contributed by atoms with van der Waals surface area (Å²) in [6.45, 7) is 1.90. The second-order valence-electron chi connectivity index (χ2n) is 6.19. The Morgan fingerprint density at radius 1 is 1.14 bits per heavy atom. The van der Waals surface area contributed by atoms with Crippen molar-refractivity contribution in [1.29, 1.82) is 0 Å². The van der Waals surface area contributed by atoms with Gasteiger partial charge in [-0.05, 0) is 25.1 Å². The predicted octanol–water partition coefficient (Wildman–Crippen LogP) is 2.06. The molecule has 4 aromatic rings. The quantitative estimate of drug-likeness (QED) is 0.552. The molecule has 3 N–H and O–H groups in total. The van der Waals surface area contributed by atoms with Gasteiger partial charge in [0, 0.05) is 23.5 Å². The van der Waals surface area contributed by atoms with Crippen molar-refractivity contribution >= 4 is 17.7 Å². The van der Waals surface area contributed by atoms with Gasteiger partial charge >= 0.3 is 0 Å².